The van der Waals surface area contributed by atoms with E-state index in [0.29, 0.717) is 11.6 Å². The Kier molecular flexibility index (Phi) is 7.54. The minimum absolute atomic E-state index is 0.262. The zero-order chi connectivity index (χ0) is 19.1. The highest BCUT2D eigenvalue weighted by Crippen LogP contribution is 2.24. The Morgan fingerprint density at radius 3 is 2.85 bits per heavy atom. The summed E-state index contributed by atoms with van der Waals surface area (Å²) in [7, 11) is 0. The molecule has 1 saturated heterocycles. The first kappa shape index (κ1) is 20.3. The molecule has 6 heteroatoms. The van der Waals surface area contributed by atoms with E-state index >= 15 is 0 Å². The Hall–Kier alpha value is -1.98. The molecule has 0 aliphatic carbocycles. The smallest absolute Gasteiger partial charge is 0.209 e. The molecule has 0 radical (unpaired) electrons. The third kappa shape index (κ3) is 5.78. The van der Waals surface area contributed by atoms with Crippen LogP contribution in [-0.4, -0.2) is 40.4 Å². The number of alkyl halides is 1. The van der Waals surface area contributed by atoms with Crippen LogP contribution < -0.4 is 0 Å². The van der Waals surface area contributed by atoms with Crippen LogP contribution in [0.15, 0.2) is 24.0 Å². The van der Waals surface area contributed by atoms with Crippen molar-refractivity contribution in [1.82, 2.24) is 14.7 Å². The lowest BCUT2D eigenvalue weighted by Gasteiger charge is -2.16. The monoisotopic (exact) mass is 365 g/mol. The van der Waals surface area contributed by atoms with Crippen molar-refractivity contribution in [2.45, 2.75) is 59.0 Å². The van der Waals surface area contributed by atoms with Crippen molar-refractivity contribution in [3.8, 4) is 0 Å². The molecule has 0 bridgehead atoms. The first-order valence-corrected chi connectivity index (χ1v) is 9.40. The fourth-order valence-corrected chi connectivity index (χ4v) is 3.39. The van der Waals surface area contributed by atoms with E-state index in [1.54, 1.807) is 11.6 Å². The Morgan fingerprint density at radius 2 is 2.19 bits per heavy atom. The molecule has 2 unspecified atom stereocenters. The van der Waals surface area contributed by atoms with Crippen LogP contribution in [0.5, 0.6) is 0 Å². The highest BCUT2D eigenvalue weighted by molar-refractivity contribution is 5.58. The van der Waals surface area contributed by atoms with Gasteiger partial charge >= 0.3 is 0 Å². The molecule has 2 rings (SSSR count). The maximum absolute atomic E-state index is 13.9. The molecule has 4 nitrogen and oxygen atoms in total. The lowest BCUT2D eigenvalue weighted by atomic mass is 9.95. The van der Waals surface area contributed by atoms with Crippen LogP contribution in [0.4, 0.5) is 8.78 Å². The minimum atomic E-state index is -1.19. The lowest BCUT2D eigenvalue weighted by molar-refractivity contribution is -0.118. The predicted molar refractivity (Wildman–Crippen MR) is 100.0 cm³/mol. The van der Waals surface area contributed by atoms with Crippen LogP contribution in [0.2, 0.25) is 0 Å². The summed E-state index contributed by atoms with van der Waals surface area (Å²) in [6.45, 7) is 6.59. The molecule has 1 amide bonds. The number of nitrogens with zero attached hydrogens (tertiary/aromatic N) is 3. The van der Waals surface area contributed by atoms with Gasteiger partial charge in [0.2, 0.25) is 6.41 Å². The number of rotatable bonds is 7. The summed E-state index contributed by atoms with van der Waals surface area (Å²) < 4.78 is 29.2. The van der Waals surface area contributed by atoms with Gasteiger partial charge in [0.05, 0.1) is 11.4 Å². The second-order valence-electron chi connectivity index (χ2n) is 7.05. The first-order valence-electron chi connectivity index (χ1n) is 9.40. The number of hydrogen-bond acceptors (Lipinski definition) is 2. The summed E-state index contributed by atoms with van der Waals surface area (Å²) in [6.07, 6.45) is 6.48. The molecular weight excluding hydrogens is 336 g/mol. The van der Waals surface area contributed by atoms with Crippen molar-refractivity contribution in [3.63, 3.8) is 0 Å². The van der Waals surface area contributed by atoms with Gasteiger partial charge in [-0.2, -0.15) is 5.10 Å². The SMILES string of the molecule is CC/C(F)=C\C(=C/C(C)F)n1nc(C)cc1CC1CCCN(C=O)CC1. The summed E-state index contributed by atoms with van der Waals surface area (Å²) in [5, 5.41) is 4.48. The Labute approximate surface area is 154 Å². The van der Waals surface area contributed by atoms with Gasteiger partial charge < -0.3 is 4.90 Å². The molecule has 0 N–H and O–H groups in total. The third-order valence-electron chi connectivity index (χ3n) is 4.72. The third-order valence-corrected chi connectivity index (χ3v) is 4.72. The van der Waals surface area contributed by atoms with Crippen LogP contribution in [0.25, 0.3) is 5.70 Å². The van der Waals surface area contributed by atoms with Gasteiger partial charge in [0.15, 0.2) is 0 Å². The van der Waals surface area contributed by atoms with E-state index in [-0.39, 0.29) is 12.2 Å². The summed E-state index contributed by atoms with van der Waals surface area (Å²) >= 11 is 0. The van der Waals surface area contributed by atoms with Crippen molar-refractivity contribution < 1.29 is 13.6 Å². The zero-order valence-corrected chi connectivity index (χ0v) is 15.9. The van der Waals surface area contributed by atoms with E-state index in [1.165, 1.54) is 19.1 Å². The number of hydrogen-bond donors (Lipinski definition) is 0. The molecule has 1 aromatic heterocycles. The van der Waals surface area contributed by atoms with E-state index in [4.69, 9.17) is 0 Å². The predicted octanol–water partition coefficient (Wildman–Crippen LogP) is 4.45. The topological polar surface area (TPSA) is 38.1 Å². The second kappa shape index (κ2) is 9.64. The van der Waals surface area contributed by atoms with Crippen molar-refractivity contribution in [2.24, 2.45) is 5.92 Å². The van der Waals surface area contributed by atoms with Gasteiger partial charge in [-0.05, 0) is 70.1 Å². The van der Waals surface area contributed by atoms with Crippen LogP contribution in [-0.2, 0) is 11.2 Å². The average molecular weight is 365 g/mol. The number of halogens is 2. The van der Waals surface area contributed by atoms with E-state index in [2.05, 4.69) is 5.10 Å². The quantitative estimate of drug-likeness (QED) is 0.529. The van der Waals surface area contributed by atoms with Gasteiger partial charge in [-0.3, -0.25) is 4.79 Å². The summed E-state index contributed by atoms with van der Waals surface area (Å²) in [5.41, 5.74) is 2.22. The molecule has 2 atom stereocenters. The molecule has 26 heavy (non-hydrogen) atoms. The normalized spacial score (nSPS) is 20.8. The van der Waals surface area contributed by atoms with E-state index in [9.17, 15) is 13.6 Å². The Morgan fingerprint density at radius 1 is 1.42 bits per heavy atom. The van der Waals surface area contributed by atoms with Crippen LogP contribution in [0.1, 0.15) is 50.9 Å². The molecule has 0 aromatic carbocycles. The number of carbonyl (C=O) groups is 1. The molecular formula is C20H29F2N3O. The van der Waals surface area contributed by atoms with Crippen molar-refractivity contribution >= 4 is 12.1 Å². The molecule has 1 aromatic rings. The molecule has 0 saturated carbocycles. The Balaban J connectivity index is 2.26. The van der Waals surface area contributed by atoms with Crippen molar-refractivity contribution in [3.05, 3.63) is 35.4 Å². The van der Waals surface area contributed by atoms with Crippen LogP contribution >= 0.6 is 0 Å². The molecule has 144 valence electrons. The van der Waals surface area contributed by atoms with E-state index in [1.807, 2.05) is 17.9 Å². The molecule has 0 spiro atoms. The van der Waals surface area contributed by atoms with Crippen LogP contribution in [0.3, 0.4) is 0 Å². The summed E-state index contributed by atoms with van der Waals surface area (Å²) in [6, 6.07) is 1.98. The maximum atomic E-state index is 13.9. The minimum Gasteiger partial charge on any atom is -0.345 e. The number of likely N-dealkylation sites (tertiary alicyclic amines) is 1. The lowest BCUT2D eigenvalue weighted by Crippen LogP contribution is -2.22. The average Bonchev–Trinajstić information content (AvgIpc) is 2.81. The fraction of sp³-hybridized carbons (Fsp3) is 0.600. The standard InChI is InChI=1S/C20H29F2N3O/c1-4-18(22)13-19(10-15(2)21)25-20(11-16(3)23-25)12-17-6-5-8-24(14-26)9-7-17/h10-11,13-15,17H,4-9,12H2,1-3H3/b18-13+,19-10+. The van der Waals surface area contributed by atoms with E-state index < -0.39 is 6.17 Å². The van der Waals surface area contributed by atoms with Crippen molar-refractivity contribution in [2.75, 3.05) is 13.1 Å². The molecule has 1 fully saturated rings. The second-order valence-corrected chi connectivity index (χ2v) is 7.05. The number of aromatic nitrogens is 2. The van der Waals surface area contributed by atoms with Crippen molar-refractivity contribution in [1.29, 1.82) is 0 Å². The first-order chi connectivity index (χ1) is 12.4. The molecule has 2 heterocycles. The van der Waals surface area contributed by atoms with Gasteiger partial charge in [0.25, 0.3) is 0 Å². The van der Waals surface area contributed by atoms with Crippen LogP contribution in [0, 0.1) is 12.8 Å². The van der Waals surface area contributed by atoms with Gasteiger partial charge in [-0.1, -0.05) is 6.92 Å². The Bertz CT molecular complexity index is 664. The summed E-state index contributed by atoms with van der Waals surface area (Å²) in [4.78, 5) is 12.8. The molecule has 1 aliphatic heterocycles. The largest absolute Gasteiger partial charge is 0.345 e. The zero-order valence-electron chi connectivity index (χ0n) is 15.9. The van der Waals surface area contributed by atoms with Gasteiger partial charge in [0, 0.05) is 18.8 Å². The molecule has 1 aliphatic rings. The number of allylic oxidation sites excluding steroid dienone is 4. The highest BCUT2D eigenvalue weighted by Gasteiger charge is 2.19. The number of aryl methyl sites for hydroxylation is 1. The van der Waals surface area contributed by atoms with E-state index in [0.717, 1.165) is 56.6 Å². The number of carbonyl (C=O) groups excluding carboxylic acids is 1. The van der Waals surface area contributed by atoms with Gasteiger partial charge in [0.1, 0.15) is 12.0 Å². The van der Waals surface area contributed by atoms with Gasteiger partial charge in [-0.15, -0.1) is 0 Å². The highest BCUT2D eigenvalue weighted by atomic mass is 19.1. The maximum Gasteiger partial charge on any atom is 0.209 e. The van der Waals surface area contributed by atoms with Gasteiger partial charge in [-0.25, -0.2) is 13.5 Å². The summed E-state index contributed by atoms with van der Waals surface area (Å²) in [5.74, 6) is 0.131. The number of amides is 1. The fourth-order valence-electron chi connectivity index (χ4n) is 3.39.